The van der Waals surface area contributed by atoms with Crippen molar-refractivity contribution in [2.45, 2.75) is 12.3 Å². The number of aromatic carboxylic acids is 1. The molecule has 0 radical (unpaired) electrons. The van der Waals surface area contributed by atoms with Crippen molar-refractivity contribution in [3.8, 4) is 0 Å². The molecule has 0 unspecified atom stereocenters. The molecule has 0 atom stereocenters. The van der Waals surface area contributed by atoms with Crippen LogP contribution in [-0.4, -0.2) is 24.7 Å². The maximum absolute atomic E-state index is 11.8. The third kappa shape index (κ3) is 3.90. The highest BCUT2D eigenvalue weighted by Gasteiger charge is 2.12. The molecule has 0 spiro atoms. The largest absolute Gasteiger partial charge is 0.478 e. The molecule has 2 rings (SSSR count). The van der Waals surface area contributed by atoms with Crippen LogP contribution in [0.25, 0.3) is 0 Å². The second kappa shape index (κ2) is 5.85. The van der Waals surface area contributed by atoms with Crippen molar-refractivity contribution in [3.05, 3.63) is 53.4 Å². The van der Waals surface area contributed by atoms with Crippen LogP contribution in [0.15, 0.2) is 41.1 Å². The lowest BCUT2D eigenvalue weighted by Crippen LogP contribution is -2.24. The number of benzene rings is 1. The minimum absolute atomic E-state index is 0.0477. The van der Waals surface area contributed by atoms with Crippen LogP contribution in [0.4, 0.5) is 0 Å². The summed E-state index contributed by atoms with van der Waals surface area (Å²) in [4.78, 5) is 10.7. The first-order valence-corrected chi connectivity index (χ1v) is 7.30. The molecule has 0 saturated heterocycles. The normalized spacial score (nSPS) is 11.4. The molecule has 1 aromatic heterocycles. The van der Waals surface area contributed by atoms with Crippen molar-refractivity contribution in [1.29, 1.82) is 0 Å². The molecule has 20 heavy (non-hydrogen) atoms. The van der Waals surface area contributed by atoms with Crippen LogP contribution in [0.3, 0.4) is 0 Å². The Bertz CT molecular complexity index is 677. The average Bonchev–Trinajstić information content (AvgIpc) is 2.90. The van der Waals surface area contributed by atoms with Gasteiger partial charge in [-0.3, -0.25) is 0 Å². The number of rotatable bonds is 6. The third-order valence-electron chi connectivity index (χ3n) is 2.52. The lowest BCUT2D eigenvalue weighted by Gasteiger charge is -2.05. The summed E-state index contributed by atoms with van der Waals surface area (Å²) < 4.78 is 30.6. The molecular formula is C12H12N2O5S. The summed E-state index contributed by atoms with van der Waals surface area (Å²) in [6, 6.07) is 7.23. The summed E-state index contributed by atoms with van der Waals surface area (Å²) in [7, 11) is -3.52. The minimum Gasteiger partial charge on any atom is -0.478 e. The Morgan fingerprint density at radius 1 is 1.25 bits per heavy atom. The Kier molecular flexibility index (Phi) is 4.16. The Labute approximate surface area is 115 Å². The fourth-order valence-corrected chi connectivity index (χ4v) is 2.63. The second-order valence-corrected chi connectivity index (χ2v) is 5.88. The van der Waals surface area contributed by atoms with E-state index in [4.69, 9.17) is 5.11 Å². The van der Waals surface area contributed by atoms with Crippen molar-refractivity contribution in [2.24, 2.45) is 0 Å². The standard InChI is InChI=1S/C12H12N2O5S/c15-12(16)10-3-1-9(2-4-10)8-20(17,18)13-7-11-5-6-19-14-11/h1-6,13H,7-8H2,(H,15,16). The number of hydrogen-bond donors (Lipinski definition) is 2. The number of carboxylic acids is 1. The van der Waals surface area contributed by atoms with Gasteiger partial charge in [0.15, 0.2) is 0 Å². The van der Waals surface area contributed by atoms with Crippen molar-refractivity contribution in [3.63, 3.8) is 0 Å². The molecule has 0 fully saturated rings. The topological polar surface area (TPSA) is 110 Å². The van der Waals surface area contributed by atoms with E-state index in [1.54, 1.807) is 6.07 Å². The molecule has 1 heterocycles. The van der Waals surface area contributed by atoms with Crippen LogP contribution in [-0.2, 0) is 22.3 Å². The van der Waals surface area contributed by atoms with Gasteiger partial charge in [0.05, 0.1) is 23.6 Å². The van der Waals surface area contributed by atoms with Crippen LogP contribution in [0.5, 0.6) is 0 Å². The average molecular weight is 296 g/mol. The van der Waals surface area contributed by atoms with Crippen LogP contribution in [0.2, 0.25) is 0 Å². The van der Waals surface area contributed by atoms with Crippen LogP contribution < -0.4 is 4.72 Å². The summed E-state index contributed by atoms with van der Waals surface area (Å²) in [6.07, 6.45) is 1.36. The van der Waals surface area contributed by atoms with Gasteiger partial charge in [0, 0.05) is 6.07 Å². The molecule has 0 aliphatic rings. The fraction of sp³-hybridized carbons (Fsp3) is 0.167. The number of sulfonamides is 1. The minimum atomic E-state index is -3.52. The molecule has 0 saturated carbocycles. The zero-order valence-corrected chi connectivity index (χ0v) is 11.1. The van der Waals surface area contributed by atoms with E-state index >= 15 is 0 Å². The lowest BCUT2D eigenvalue weighted by atomic mass is 10.1. The van der Waals surface area contributed by atoms with Gasteiger partial charge in [-0.15, -0.1) is 0 Å². The lowest BCUT2D eigenvalue weighted by molar-refractivity contribution is 0.0697. The molecule has 2 N–H and O–H groups in total. The highest BCUT2D eigenvalue weighted by Crippen LogP contribution is 2.08. The predicted octanol–water partition coefficient (Wildman–Crippen LogP) is 0.992. The van der Waals surface area contributed by atoms with Gasteiger partial charge >= 0.3 is 5.97 Å². The number of nitrogens with one attached hydrogen (secondary N) is 1. The van der Waals surface area contributed by atoms with Crippen molar-refractivity contribution in [2.75, 3.05) is 0 Å². The molecular weight excluding hydrogens is 284 g/mol. The summed E-state index contributed by atoms with van der Waals surface area (Å²) in [5.41, 5.74) is 1.10. The molecule has 0 bridgehead atoms. The van der Waals surface area contributed by atoms with Gasteiger partial charge in [-0.2, -0.15) is 0 Å². The zero-order chi connectivity index (χ0) is 14.6. The molecule has 2 aromatic rings. The number of carbonyl (C=O) groups is 1. The highest BCUT2D eigenvalue weighted by atomic mass is 32.2. The third-order valence-corrected chi connectivity index (χ3v) is 3.82. The van der Waals surface area contributed by atoms with Crippen LogP contribution in [0.1, 0.15) is 21.6 Å². The fourth-order valence-electron chi connectivity index (χ4n) is 1.53. The number of aromatic nitrogens is 1. The Balaban J connectivity index is 1.98. The van der Waals surface area contributed by atoms with Crippen molar-refractivity contribution in [1.82, 2.24) is 9.88 Å². The summed E-state index contributed by atoms with van der Waals surface area (Å²) >= 11 is 0. The Morgan fingerprint density at radius 3 is 2.50 bits per heavy atom. The quantitative estimate of drug-likeness (QED) is 0.822. The van der Waals surface area contributed by atoms with Gasteiger partial charge in [0.2, 0.25) is 10.0 Å². The first kappa shape index (κ1) is 14.2. The smallest absolute Gasteiger partial charge is 0.335 e. The molecule has 8 heteroatoms. The first-order valence-electron chi connectivity index (χ1n) is 5.65. The monoisotopic (exact) mass is 296 g/mol. The van der Waals surface area contributed by atoms with Gasteiger partial charge < -0.3 is 9.63 Å². The highest BCUT2D eigenvalue weighted by molar-refractivity contribution is 7.88. The zero-order valence-electron chi connectivity index (χ0n) is 10.3. The van der Waals surface area contributed by atoms with Crippen molar-refractivity contribution >= 4 is 16.0 Å². The number of nitrogens with zero attached hydrogens (tertiary/aromatic N) is 1. The van der Waals surface area contributed by atoms with E-state index in [0.29, 0.717) is 11.3 Å². The van der Waals surface area contributed by atoms with E-state index in [1.165, 1.54) is 30.5 Å². The van der Waals surface area contributed by atoms with Gasteiger partial charge in [-0.25, -0.2) is 17.9 Å². The van der Waals surface area contributed by atoms with E-state index in [-0.39, 0.29) is 17.9 Å². The molecule has 0 aliphatic carbocycles. The summed E-state index contributed by atoms with van der Waals surface area (Å²) in [5.74, 6) is -1.28. The van der Waals surface area contributed by atoms with Gasteiger partial charge in [-0.05, 0) is 17.7 Å². The van der Waals surface area contributed by atoms with Crippen molar-refractivity contribution < 1.29 is 22.8 Å². The Morgan fingerprint density at radius 2 is 1.95 bits per heavy atom. The second-order valence-electron chi connectivity index (χ2n) is 4.07. The van der Waals surface area contributed by atoms with E-state index < -0.39 is 16.0 Å². The van der Waals surface area contributed by atoms with E-state index in [2.05, 4.69) is 14.4 Å². The first-order chi connectivity index (χ1) is 9.46. The van der Waals surface area contributed by atoms with Gasteiger partial charge in [0.25, 0.3) is 0 Å². The van der Waals surface area contributed by atoms with E-state index in [1.807, 2.05) is 0 Å². The molecule has 0 aliphatic heterocycles. The van der Waals surface area contributed by atoms with Gasteiger partial charge in [-0.1, -0.05) is 17.3 Å². The van der Waals surface area contributed by atoms with Crippen LogP contribution >= 0.6 is 0 Å². The van der Waals surface area contributed by atoms with Crippen LogP contribution in [0, 0.1) is 0 Å². The Hall–Kier alpha value is -2.19. The van der Waals surface area contributed by atoms with E-state index in [9.17, 15) is 13.2 Å². The predicted molar refractivity (Wildman–Crippen MR) is 69.4 cm³/mol. The maximum Gasteiger partial charge on any atom is 0.335 e. The molecule has 7 nitrogen and oxygen atoms in total. The summed E-state index contributed by atoms with van der Waals surface area (Å²) in [5, 5.41) is 12.3. The molecule has 0 amide bonds. The SMILES string of the molecule is O=C(O)c1ccc(CS(=O)(=O)NCc2ccon2)cc1. The molecule has 1 aromatic carbocycles. The molecule has 106 valence electrons. The summed E-state index contributed by atoms with van der Waals surface area (Å²) in [6.45, 7) is 0.0477. The van der Waals surface area contributed by atoms with Gasteiger partial charge in [0.1, 0.15) is 6.26 Å². The van der Waals surface area contributed by atoms with E-state index in [0.717, 1.165) is 0 Å². The maximum atomic E-state index is 11.8. The number of carboxylic acid groups (broad SMARTS) is 1. The number of hydrogen-bond acceptors (Lipinski definition) is 5.